The van der Waals surface area contributed by atoms with E-state index in [0.29, 0.717) is 0 Å². The molecule has 5 nitrogen and oxygen atoms in total. The molecule has 1 fully saturated rings. The minimum Gasteiger partial charge on any atom is -0.355 e. The minimum atomic E-state index is -0.375. The van der Waals surface area contributed by atoms with E-state index < -0.39 is 0 Å². The number of thiophene rings is 1. The largest absolute Gasteiger partial charge is 0.355 e. The Kier molecular flexibility index (Phi) is 5.69. The number of rotatable bonds is 3. The van der Waals surface area contributed by atoms with Gasteiger partial charge in [-0.15, -0.1) is 11.3 Å². The lowest BCUT2D eigenvalue weighted by molar-refractivity contribution is -0.132. The predicted molar refractivity (Wildman–Crippen MR) is 151 cm³/mol. The summed E-state index contributed by atoms with van der Waals surface area (Å²) in [6, 6.07) is 17.1. The highest BCUT2D eigenvalue weighted by Crippen LogP contribution is 2.49. The third-order valence-electron chi connectivity index (χ3n) is 7.54. The van der Waals surface area contributed by atoms with Crippen molar-refractivity contribution in [3.05, 3.63) is 86.6 Å². The summed E-state index contributed by atoms with van der Waals surface area (Å²) in [6.45, 7) is 8.98. The van der Waals surface area contributed by atoms with E-state index in [4.69, 9.17) is 12.2 Å². The fourth-order valence-electron chi connectivity index (χ4n) is 5.17. The monoisotopic (exact) mass is 515 g/mol. The van der Waals surface area contributed by atoms with Gasteiger partial charge in [-0.1, -0.05) is 64.1 Å². The predicted octanol–water partition coefficient (Wildman–Crippen LogP) is 6.06. The second-order valence-corrected chi connectivity index (χ2v) is 11.8. The van der Waals surface area contributed by atoms with Crippen LogP contribution in [0.2, 0.25) is 0 Å². The topological polar surface area (TPSA) is 52.7 Å². The molecular weight excluding hydrogens is 486 g/mol. The van der Waals surface area contributed by atoms with Gasteiger partial charge in [0.05, 0.1) is 0 Å². The van der Waals surface area contributed by atoms with Crippen LogP contribution in [-0.4, -0.2) is 40.8 Å². The van der Waals surface area contributed by atoms with Crippen LogP contribution in [0.5, 0.6) is 0 Å². The van der Waals surface area contributed by atoms with E-state index in [2.05, 4.69) is 86.9 Å². The molecule has 3 heterocycles. The number of carbonyl (C=O) groups excluding carboxylic acids is 2. The third-order valence-corrected chi connectivity index (χ3v) is 8.97. The van der Waals surface area contributed by atoms with Crippen LogP contribution >= 0.6 is 23.6 Å². The summed E-state index contributed by atoms with van der Waals surface area (Å²) in [5, 5.41) is 6.04. The summed E-state index contributed by atoms with van der Waals surface area (Å²) in [4.78, 5) is 29.1. The summed E-state index contributed by atoms with van der Waals surface area (Å²) in [5.74, 6) is -0.751. The molecule has 0 aliphatic carbocycles. The first-order valence-electron chi connectivity index (χ1n) is 11.9. The van der Waals surface area contributed by atoms with Crippen LogP contribution in [0.3, 0.4) is 0 Å². The van der Waals surface area contributed by atoms with E-state index in [0.717, 1.165) is 21.8 Å². The van der Waals surface area contributed by atoms with Gasteiger partial charge in [0.2, 0.25) is 0 Å². The van der Waals surface area contributed by atoms with Gasteiger partial charge < -0.3 is 5.32 Å². The summed E-state index contributed by atoms with van der Waals surface area (Å²) < 4.78 is 0. The van der Waals surface area contributed by atoms with E-state index in [-0.39, 0.29) is 33.3 Å². The standard InChI is InChI=1S/C29H29N3O2S2/c1-28(2,17-14-18(36-16-17)15-19-25(33)31(5)27(35)32(6)26(19)34)21-11-9-12-22-24(21)30-23-13-8-7-10-20(23)29(22,3)4/h7-16,30H,1-6H3. The summed E-state index contributed by atoms with van der Waals surface area (Å²) >= 11 is 6.73. The normalized spacial score (nSPS) is 17.1. The fourth-order valence-corrected chi connectivity index (χ4v) is 6.35. The third kappa shape index (κ3) is 3.61. The maximum absolute atomic E-state index is 12.8. The van der Waals surface area contributed by atoms with Crippen LogP contribution < -0.4 is 5.32 Å². The van der Waals surface area contributed by atoms with Crippen molar-refractivity contribution in [2.45, 2.75) is 38.5 Å². The molecule has 2 aromatic carbocycles. The lowest BCUT2D eigenvalue weighted by Crippen LogP contribution is -2.52. The number of benzene rings is 2. The Morgan fingerprint density at radius 1 is 0.972 bits per heavy atom. The van der Waals surface area contributed by atoms with Crippen molar-refractivity contribution in [1.82, 2.24) is 9.80 Å². The molecule has 2 aliphatic heterocycles. The number of anilines is 2. The molecule has 7 heteroatoms. The highest BCUT2D eigenvalue weighted by atomic mass is 32.1. The zero-order valence-electron chi connectivity index (χ0n) is 21.3. The van der Waals surface area contributed by atoms with Crippen molar-refractivity contribution in [2.75, 3.05) is 19.4 Å². The molecular formula is C29H29N3O2S2. The Labute approximate surface area is 221 Å². The van der Waals surface area contributed by atoms with Crippen LogP contribution in [-0.2, 0) is 20.4 Å². The van der Waals surface area contributed by atoms with E-state index in [1.165, 1.54) is 37.8 Å². The molecule has 0 saturated carbocycles. The van der Waals surface area contributed by atoms with Crippen molar-refractivity contribution >= 4 is 57.9 Å². The van der Waals surface area contributed by atoms with Gasteiger partial charge in [-0.25, -0.2) is 0 Å². The van der Waals surface area contributed by atoms with Gasteiger partial charge in [-0.2, -0.15) is 0 Å². The van der Waals surface area contributed by atoms with Gasteiger partial charge in [0, 0.05) is 41.2 Å². The van der Waals surface area contributed by atoms with Gasteiger partial charge in [-0.05, 0) is 58.1 Å². The molecule has 0 bridgehead atoms. The first-order chi connectivity index (χ1) is 16.9. The SMILES string of the molecule is CN1C(=O)C(=Cc2cc(C(C)(C)c3cccc4c3Nc3ccccc3C4(C)C)cs2)C(=O)N(C)C1=S. The first kappa shape index (κ1) is 24.4. The fraction of sp³-hybridized carbons (Fsp3) is 0.276. The average molecular weight is 516 g/mol. The van der Waals surface area contributed by atoms with Crippen molar-refractivity contribution < 1.29 is 9.59 Å². The number of thiocarbonyl (C=S) groups is 1. The van der Waals surface area contributed by atoms with Crippen molar-refractivity contribution in [3.63, 3.8) is 0 Å². The lowest BCUT2D eigenvalue weighted by atomic mass is 9.70. The molecule has 0 unspecified atom stereocenters. The molecule has 2 aliphatic rings. The van der Waals surface area contributed by atoms with E-state index >= 15 is 0 Å². The second-order valence-electron chi connectivity index (χ2n) is 10.5. The van der Waals surface area contributed by atoms with Crippen molar-refractivity contribution in [2.24, 2.45) is 0 Å². The minimum absolute atomic E-state index is 0.122. The van der Waals surface area contributed by atoms with Gasteiger partial charge in [0.25, 0.3) is 11.8 Å². The number of fused-ring (bicyclic) bond motifs is 2. The number of para-hydroxylation sites is 2. The Morgan fingerprint density at radius 3 is 2.31 bits per heavy atom. The van der Waals surface area contributed by atoms with Crippen LogP contribution in [0.25, 0.3) is 6.08 Å². The summed E-state index contributed by atoms with van der Waals surface area (Å²) in [6.07, 6.45) is 1.68. The van der Waals surface area contributed by atoms with Crippen LogP contribution in [0.4, 0.5) is 11.4 Å². The molecule has 3 aromatic rings. The highest BCUT2D eigenvalue weighted by Gasteiger charge is 2.38. The zero-order chi connectivity index (χ0) is 26.0. The second kappa shape index (κ2) is 8.39. The van der Waals surface area contributed by atoms with Gasteiger partial charge in [-0.3, -0.25) is 19.4 Å². The molecule has 5 rings (SSSR count). The molecule has 0 spiro atoms. The highest BCUT2D eigenvalue weighted by molar-refractivity contribution is 7.80. The number of likely N-dealkylation sites (N-methyl/N-ethyl adjacent to an activating group) is 2. The Balaban J connectivity index is 1.54. The van der Waals surface area contributed by atoms with Crippen LogP contribution in [0.1, 0.15) is 54.8 Å². The Hall–Kier alpha value is -3.29. The molecule has 1 N–H and O–H groups in total. The molecule has 0 radical (unpaired) electrons. The van der Waals surface area contributed by atoms with E-state index in [1.54, 1.807) is 20.2 Å². The van der Waals surface area contributed by atoms with E-state index in [1.807, 2.05) is 0 Å². The number of hydrogen-bond acceptors (Lipinski definition) is 5. The molecule has 184 valence electrons. The zero-order valence-corrected chi connectivity index (χ0v) is 22.9. The van der Waals surface area contributed by atoms with E-state index in [9.17, 15) is 9.59 Å². The van der Waals surface area contributed by atoms with Gasteiger partial charge in [0.1, 0.15) is 5.57 Å². The lowest BCUT2D eigenvalue weighted by Gasteiger charge is -2.39. The first-order valence-corrected chi connectivity index (χ1v) is 13.1. The molecule has 36 heavy (non-hydrogen) atoms. The number of hydrogen-bond donors (Lipinski definition) is 1. The maximum atomic E-state index is 12.8. The van der Waals surface area contributed by atoms with Crippen LogP contribution in [0, 0.1) is 0 Å². The quantitative estimate of drug-likeness (QED) is 0.262. The van der Waals surface area contributed by atoms with Crippen molar-refractivity contribution in [1.29, 1.82) is 0 Å². The smallest absolute Gasteiger partial charge is 0.265 e. The van der Waals surface area contributed by atoms with Gasteiger partial charge in [0.15, 0.2) is 5.11 Å². The van der Waals surface area contributed by atoms with Gasteiger partial charge >= 0.3 is 0 Å². The summed E-state index contributed by atoms with van der Waals surface area (Å²) in [5.41, 5.74) is 6.83. The summed E-state index contributed by atoms with van der Waals surface area (Å²) in [7, 11) is 3.19. The van der Waals surface area contributed by atoms with Crippen LogP contribution in [0.15, 0.2) is 59.5 Å². The number of nitrogens with one attached hydrogen (secondary N) is 1. The Bertz CT molecular complexity index is 1440. The maximum Gasteiger partial charge on any atom is 0.265 e. The Morgan fingerprint density at radius 2 is 1.61 bits per heavy atom. The molecule has 0 atom stereocenters. The molecule has 2 amide bonds. The number of carbonyl (C=O) groups is 2. The average Bonchev–Trinajstić information content (AvgIpc) is 3.34. The molecule has 1 saturated heterocycles. The number of amides is 2. The number of nitrogens with zero attached hydrogens (tertiary/aromatic N) is 2. The van der Waals surface area contributed by atoms with Crippen molar-refractivity contribution in [3.8, 4) is 0 Å². The molecule has 1 aromatic heterocycles.